The van der Waals surface area contributed by atoms with Crippen LogP contribution >= 0.6 is 0 Å². The predicted molar refractivity (Wildman–Crippen MR) is 154 cm³/mol. The first-order valence-electron chi connectivity index (χ1n) is 12.9. The molecule has 0 aromatic heterocycles. The molecule has 3 nitrogen and oxygen atoms in total. The SMILES string of the molecule is CN=C/C(=C(C1=CC=C(C#N)C(C)C1)\C(C)=C(/C)N(C)Cc1ccc(C(C)(F)F)cc1)c1ccc(C)cc1. The highest BCUT2D eigenvalue weighted by atomic mass is 19.3. The van der Waals surface area contributed by atoms with Crippen LogP contribution in [0.4, 0.5) is 8.78 Å². The van der Waals surface area contributed by atoms with Crippen LogP contribution in [0.15, 0.2) is 93.7 Å². The maximum absolute atomic E-state index is 13.7. The Morgan fingerprint density at radius 3 is 2.26 bits per heavy atom. The Kier molecular flexibility index (Phi) is 9.22. The number of hydrogen-bond acceptors (Lipinski definition) is 3. The molecule has 5 heteroatoms. The second-order valence-corrected chi connectivity index (χ2v) is 10.2. The number of hydrogen-bond donors (Lipinski definition) is 0. The Hall–Kier alpha value is -3.78. The molecule has 0 saturated heterocycles. The molecule has 1 unspecified atom stereocenters. The number of alkyl halides is 2. The zero-order valence-electron chi connectivity index (χ0n) is 23.4. The van der Waals surface area contributed by atoms with Crippen LogP contribution in [0.1, 0.15) is 56.4 Å². The Morgan fingerprint density at radius 2 is 1.74 bits per heavy atom. The van der Waals surface area contributed by atoms with E-state index in [1.54, 1.807) is 19.2 Å². The van der Waals surface area contributed by atoms with Gasteiger partial charge in [-0.25, -0.2) is 8.78 Å². The van der Waals surface area contributed by atoms with E-state index >= 15 is 0 Å². The van der Waals surface area contributed by atoms with Crippen LogP contribution in [0.3, 0.4) is 0 Å². The molecule has 0 amide bonds. The van der Waals surface area contributed by atoms with Crippen LogP contribution in [0.2, 0.25) is 0 Å². The summed E-state index contributed by atoms with van der Waals surface area (Å²) < 4.78 is 27.3. The summed E-state index contributed by atoms with van der Waals surface area (Å²) in [5.41, 5.74) is 9.48. The van der Waals surface area contributed by atoms with Gasteiger partial charge in [0.15, 0.2) is 0 Å². The van der Waals surface area contributed by atoms with Gasteiger partial charge in [-0.05, 0) is 67.0 Å². The molecule has 1 aliphatic rings. The van der Waals surface area contributed by atoms with Crippen LogP contribution < -0.4 is 0 Å². The summed E-state index contributed by atoms with van der Waals surface area (Å²) in [6.45, 7) is 9.86. The molecule has 0 spiro atoms. The number of rotatable bonds is 8. The Balaban J connectivity index is 2.12. The van der Waals surface area contributed by atoms with Crippen molar-refractivity contribution in [3.05, 3.63) is 111 Å². The van der Waals surface area contributed by atoms with Crippen LogP contribution in [0.25, 0.3) is 5.57 Å². The summed E-state index contributed by atoms with van der Waals surface area (Å²) >= 11 is 0. The van der Waals surface area contributed by atoms with Gasteiger partial charge in [0, 0.05) is 56.2 Å². The van der Waals surface area contributed by atoms with Gasteiger partial charge >= 0.3 is 0 Å². The number of nitrogens with zero attached hydrogens (tertiary/aromatic N) is 3. The highest BCUT2D eigenvalue weighted by molar-refractivity contribution is 6.13. The van der Waals surface area contributed by atoms with Crippen molar-refractivity contribution in [3.63, 3.8) is 0 Å². The van der Waals surface area contributed by atoms with Crippen molar-refractivity contribution < 1.29 is 8.78 Å². The first-order valence-corrected chi connectivity index (χ1v) is 12.9. The van der Waals surface area contributed by atoms with E-state index in [0.717, 1.165) is 58.0 Å². The number of aliphatic imine (C=N–C) groups is 1. The third-order valence-electron chi connectivity index (χ3n) is 7.23. The summed E-state index contributed by atoms with van der Waals surface area (Å²) in [6, 6.07) is 17.3. The smallest absolute Gasteiger partial charge is 0.270 e. The van der Waals surface area contributed by atoms with Gasteiger partial charge < -0.3 is 4.90 Å². The van der Waals surface area contributed by atoms with E-state index < -0.39 is 5.92 Å². The van der Waals surface area contributed by atoms with Crippen molar-refractivity contribution in [1.82, 2.24) is 4.90 Å². The largest absolute Gasteiger partial charge is 0.374 e. The van der Waals surface area contributed by atoms with E-state index in [1.165, 1.54) is 17.7 Å². The molecule has 1 aliphatic carbocycles. The molecule has 0 radical (unpaired) electrons. The number of benzene rings is 2. The molecule has 0 bridgehead atoms. The van der Waals surface area contributed by atoms with Gasteiger partial charge in [0.05, 0.1) is 6.07 Å². The fourth-order valence-corrected chi connectivity index (χ4v) is 4.72. The average Bonchev–Trinajstić information content (AvgIpc) is 2.88. The zero-order valence-corrected chi connectivity index (χ0v) is 23.4. The highest BCUT2D eigenvalue weighted by Crippen LogP contribution is 2.38. The van der Waals surface area contributed by atoms with Crippen LogP contribution in [0, 0.1) is 24.2 Å². The van der Waals surface area contributed by atoms with Gasteiger partial charge in [-0.3, -0.25) is 4.99 Å². The van der Waals surface area contributed by atoms with Crippen molar-refractivity contribution in [2.24, 2.45) is 10.9 Å². The third-order valence-corrected chi connectivity index (χ3v) is 7.23. The lowest BCUT2D eigenvalue weighted by Crippen LogP contribution is -2.18. The minimum Gasteiger partial charge on any atom is -0.374 e. The second kappa shape index (κ2) is 12.2. The Morgan fingerprint density at radius 1 is 1.11 bits per heavy atom. The van der Waals surface area contributed by atoms with E-state index in [0.29, 0.717) is 6.54 Å². The maximum Gasteiger partial charge on any atom is 0.270 e. The predicted octanol–water partition coefficient (Wildman–Crippen LogP) is 8.40. The number of nitriles is 1. The molecule has 2 aromatic rings. The molecule has 0 heterocycles. The lowest BCUT2D eigenvalue weighted by Gasteiger charge is -2.28. The van der Waals surface area contributed by atoms with Crippen molar-refractivity contribution in [2.45, 2.75) is 53.5 Å². The average molecular weight is 514 g/mol. The van der Waals surface area contributed by atoms with Gasteiger partial charge in [-0.1, -0.05) is 67.1 Å². The molecule has 0 fully saturated rings. The number of aryl methyl sites for hydroxylation is 1. The van der Waals surface area contributed by atoms with Crippen molar-refractivity contribution in [1.29, 1.82) is 5.26 Å². The minimum absolute atomic E-state index is 0.0160. The van der Waals surface area contributed by atoms with Crippen molar-refractivity contribution in [2.75, 3.05) is 14.1 Å². The van der Waals surface area contributed by atoms with E-state index in [-0.39, 0.29) is 11.5 Å². The fraction of sp³-hybridized carbons (Fsp3) is 0.333. The van der Waals surface area contributed by atoms with E-state index in [4.69, 9.17) is 0 Å². The molecule has 198 valence electrons. The van der Waals surface area contributed by atoms with Gasteiger partial charge in [-0.15, -0.1) is 0 Å². The van der Waals surface area contributed by atoms with Crippen molar-refractivity contribution in [3.8, 4) is 6.07 Å². The monoisotopic (exact) mass is 513 g/mol. The summed E-state index contributed by atoms with van der Waals surface area (Å²) in [5.74, 6) is -2.73. The summed E-state index contributed by atoms with van der Waals surface area (Å²) in [6.07, 6.45) is 6.65. The molecule has 3 rings (SSSR count). The molecule has 1 atom stereocenters. The van der Waals surface area contributed by atoms with Crippen LogP contribution in [-0.4, -0.2) is 25.2 Å². The highest BCUT2D eigenvalue weighted by Gasteiger charge is 2.24. The molecule has 0 N–H and O–H groups in total. The minimum atomic E-state index is -2.85. The number of allylic oxidation sites excluding steroid dienone is 8. The van der Waals surface area contributed by atoms with Gasteiger partial charge in [0.1, 0.15) is 0 Å². The third kappa shape index (κ3) is 6.75. The van der Waals surface area contributed by atoms with Gasteiger partial charge in [-0.2, -0.15) is 5.26 Å². The molecule has 0 saturated carbocycles. The standard InChI is InChI=1S/C33H37F2N3/c1-22-8-12-27(13-9-22)31(20-37-6)32(28-14-15-29(19-36)23(2)18-28)24(3)25(4)38(7)21-26-10-16-30(17-11-26)33(5,34)35/h8-17,20,23H,18,21H2,1-7H3/b25-24+,32-31-,37-20?. The topological polar surface area (TPSA) is 39.4 Å². The van der Waals surface area contributed by atoms with Crippen LogP contribution in [-0.2, 0) is 12.5 Å². The van der Waals surface area contributed by atoms with Gasteiger partial charge in [0.2, 0.25) is 0 Å². The summed E-state index contributed by atoms with van der Waals surface area (Å²) in [5, 5.41) is 9.52. The van der Waals surface area contributed by atoms with Crippen LogP contribution in [0.5, 0.6) is 0 Å². The fourth-order valence-electron chi connectivity index (χ4n) is 4.72. The lowest BCUT2D eigenvalue weighted by atomic mass is 9.80. The number of halogens is 2. The van der Waals surface area contributed by atoms with E-state index in [2.05, 4.69) is 74.0 Å². The molecule has 38 heavy (non-hydrogen) atoms. The van der Waals surface area contributed by atoms with Gasteiger partial charge in [0.25, 0.3) is 5.92 Å². The van der Waals surface area contributed by atoms with Crippen molar-refractivity contribution >= 4 is 11.8 Å². The summed E-state index contributed by atoms with van der Waals surface area (Å²) in [7, 11) is 3.79. The zero-order chi connectivity index (χ0) is 28.0. The summed E-state index contributed by atoms with van der Waals surface area (Å²) in [4.78, 5) is 6.55. The molecular formula is C33H37F2N3. The Bertz CT molecular complexity index is 1340. The lowest BCUT2D eigenvalue weighted by molar-refractivity contribution is 0.0174. The molecular weight excluding hydrogens is 476 g/mol. The first kappa shape index (κ1) is 28.8. The van der Waals surface area contributed by atoms with E-state index in [1.807, 2.05) is 19.3 Å². The quantitative estimate of drug-likeness (QED) is 0.263. The molecule has 0 aliphatic heterocycles. The second-order valence-electron chi connectivity index (χ2n) is 10.2. The molecule has 2 aromatic carbocycles. The maximum atomic E-state index is 13.7. The first-order chi connectivity index (χ1) is 18.0. The Labute approximate surface area is 226 Å². The normalized spacial score (nSPS) is 17.3. The van der Waals surface area contributed by atoms with E-state index in [9.17, 15) is 14.0 Å².